The Morgan fingerprint density at radius 3 is 2.15 bits per heavy atom. The highest BCUT2D eigenvalue weighted by Crippen LogP contribution is 2.29. The van der Waals surface area contributed by atoms with Crippen LogP contribution in [0.1, 0.15) is 31.2 Å². The maximum Gasteiger partial charge on any atom is 0.223 e. The Bertz CT molecular complexity index is 598. The molecule has 1 saturated carbocycles. The molecule has 144 valence electrons. The molecule has 0 spiro atoms. The number of halogens is 1. The van der Waals surface area contributed by atoms with Gasteiger partial charge in [0.1, 0.15) is 0 Å². The Kier molecular flexibility index (Phi) is 8.39. The third-order valence-corrected chi connectivity index (χ3v) is 5.16. The highest BCUT2D eigenvalue weighted by Gasteiger charge is 2.29. The molecule has 0 radical (unpaired) electrons. The Hall–Kier alpha value is -1.59. The van der Waals surface area contributed by atoms with Crippen molar-refractivity contribution in [1.82, 2.24) is 15.5 Å². The minimum atomic E-state index is 0.0280. The first-order valence-corrected chi connectivity index (χ1v) is 9.78. The molecule has 1 aliphatic rings. The first kappa shape index (κ1) is 20.7. The topological polar surface area (TPSA) is 61.4 Å². The first-order chi connectivity index (χ1) is 12.5. The van der Waals surface area contributed by atoms with Gasteiger partial charge in [-0.1, -0.05) is 23.7 Å². The molecule has 2 N–H and O–H groups in total. The number of rotatable bonds is 8. The third kappa shape index (κ3) is 6.96. The lowest BCUT2D eigenvalue weighted by Gasteiger charge is -2.27. The van der Waals surface area contributed by atoms with Gasteiger partial charge in [-0.2, -0.15) is 0 Å². The van der Waals surface area contributed by atoms with Gasteiger partial charge in [-0.25, -0.2) is 0 Å². The summed E-state index contributed by atoms with van der Waals surface area (Å²) in [7, 11) is 3.98. The lowest BCUT2D eigenvalue weighted by molar-refractivity contribution is -0.130. The molecule has 0 atom stereocenters. The van der Waals surface area contributed by atoms with E-state index in [0.29, 0.717) is 13.1 Å². The molecule has 1 aromatic carbocycles. The van der Waals surface area contributed by atoms with Gasteiger partial charge in [0.15, 0.2) is 0 Å². The van der Waals surface area contributed by atoms with Crippen LogP contribution in [0.5, 0.6) is 0 Å². The smallest absolute Gasteiger partial charge is 0.223 e. The fraction of sp³-hybridized carbons (Fsp3) is 0.600. The number of hydrogen-bond acceptors (Lipinski definition) is 3. The fourth-order valence-electron chi connectivity index (χ4n) is 3.33. The summed E-state index contributed by atoms with van der Waals surface area (Å²) in [5.41, 5.74) is 1.12. The monoisotopic (exact) mass is 379 g/mol. The van der Waals surface area contributed by atoms with Crippen molar-refractivity contribution in [3.63, 3.8) is 0 Å². The normalized spacial score (nSPS) is 20.0. The van der Waals surface area contributed by atoms with Gasteiger partial charge < -0.3 is 15.5 Å². The van der Waals surface area contributed by atoms with E-state index in [4.69, 9.17) is 11.6 Å². The molecule has 0 saturated heterocycles. The Balaban J connectivity index is 1.65. The zero-order chi connectivity index (χ0) is 18.9. The van der Waals surface area contributed by atoms with Crippen molar-refractivity contribution >= 4 is 23.4 Å². The van der Waals surface area contributed by atoms with Gasteiger partial charge in [-0.15, -0.1) is 0 Å². The molecule has 5 nitrogen and oxygen atoms in total. The number of amides is 2. The van der Waals surface area contributed by atoms with E-state index < -0.39 is 0 Å². The van der Waals surface area contributed by atoms with Crippen LogP contribution in [0, 0.1) is 11.8 Å². The molecule has 0 aliphatic heterocycles. The molecule has 1 fully saturated rings. The lowest BCUT2D eigenvalue weighted by atomic mass is 9.81. The summed E-state index contributed by atoms with van der Waals surface area (Å²) in [6.07, 6.45) is 3.93. The zero-order valence-electron chi connectivity index (χ0n) is 15.8. The summed E-state index contributed by atoms with van der Waals surface area (Å²) in [6.45, 7) is 2.13. The molecule has 2 rings (SSSR count). The maximum absolute atomic E-state index is 12.3. The summed E-state index contributed by atoms with van der Waals surface area (Å²) < 4.78 is 0. The van der Waals surface area contributed by atoms with E-state index in [1.54, 1.807) is 0 Å². The SMILES string of the molecule is CN(C)CCNC(=O)C1CCC(C(=O)NCCc2cccc(Cl)c2)CC1. The molecule has 6 heteroatoms. The van der Waals surface area contributed by atoms with Crippen LogP contribution in [0.4, 0.5) is 0 Å². The number of benzene rings is 1. The highest BCUT2D eigenvalue weighted by molar-refractivity contribution is 6.30. The second kappa shape index (κ2) is 10.5. The molecule has 0 bridgehead atoms. The molecule has 26 heavy (non-hydrogen) atoms. The van der Waals surface area contributed by atoms with Gasteiger partial charge in [0.05, 0.1) is 0 Å². The molecule has 0 unspecified atom stereocenters. The zero-order valence-corrected chi connectivity index (χ0v) is 16.5. The number of nitrogens with one attached hydrogen (secondary N) is 2. The molecular weight excluding hydrogens is 350 g/mol. The second-order valence-electron chi connectivity index (χ2n) is 7.31. The van der Waals surface area contributed by atoms with Gasteiger partial charge in [0.2, 0.25) is 11.8 Å². The van der Waals surface area contributed by atoms with Crippen molar-refractivity contribution in [2.75, 3.05) is 33.7 Å². The second-order valence-corrected chi connectivity index (χ2v) is 7.75. The lowest BCUT2D eigenvalue weighted by Crippen LogP contribution is -2.39. The number of likely N-dealkylation sites (N-methyl/N-ethyl adjacent to an activating group) is 1. The van der Waals surface area contributed by atoms with E-state index >= 15 is 0 Å². The number of carbonyl (C=O) groups is 2. The summed E-state index contributed by atoms with van der Waals surface area (Å²) in [5, 5.41) is 6.73. The molecular formula is C20H30ClN3O2. The average molecular weight is 380 g/mol. The van der Waals surface area contributed by atoms with E-state index in [1.165, 1.54) is 0 Å². The van der Waals surface area contributed by atoms with E-state index in [1.807, 2.05) is 43.3 Å². The molecule has 2 amide bonds. The molecule has 0 aromatic heterocycles. The van der Waals surface area contributed by atoms with Crippen molar-refractivity contribution in [1.29, 1.82) is 0 Å². The first-order valence-electron chi connectivity index (χ1n) is 9.40. The van der Waals surface area contributed by atoms with Crippen molar-refractivity contribution in [3.05, 3.63) is 34.9 Å². The van der Waals surface area contributed by atoms with Gasteiger partial charge in [0, 0.05) is 36.5 Å². The molecule has 1 aromatic rings. The highest BCUT2D eigenvalue weighted by atomic mass is 35.5. The van der Waals surface area contributed by atoms with Crippen LogP contribution in [0.25, 0.3) is 0 Å². The summed E-state index contributed by atoms with van der Waals surface area (Å²) >= 11 is 5.97. The van der Waals surface area contributed by atoms with Crippen molar-refractivity contribution in [2.45, 2.75) is 32.1 Å². The fourth-order valence-corrected chi connectivity index (χ4v) is 3.54. The predicted molar refractivity (Wildman–Crippen MR) is 105 cm³/mol. The van der Waals surface area contributed by atoms with E-state index in [9.17, 15) is 9.59 Å². The Morgan fingerprint density at radius 1 is 1.04 bits per heavy atom. The van der Waals surface area contributed by atoms with Gasteiger partial charge >= 0.3 is 0 Å². The standard InChI is InChI=1S/C20H30ClN3O2/c1-24(2)13-12-23-20(26)17-8-6-16(7-9-17)19(25)22-11-10-15-4-3-5-18(21)14-15/h3-5,14,16-17H,6-13H2,1-2H3,(H,22,25)(H,23,26). The number of nitrogens with zero attached hydrogens (tertiary/aromatic N) is 1. The van der Waals surface area contributed by atoms with Crippen LogP contribution >= 0.6 is 11.6 Å². The van der Waals surface area contributed by atoms with Crippen molar-refractivity contribution in [2.24, 2.45) is 11.8 Å². The summed E-state index contributed by atoms with van der Waals surface area (Å²) in [4.78, 5) is 26.6. The van der Waals surface area contributed by atoms with Crippen LogP contribution < -0.4 is 10.6 Å². The molecule has 0 heterocycles. The van der Waals surface area contributed by atoms with Crippen LogP contribution in [0.3, 0.4) is 0 Å². The minimum Gasteiger partial charge on any atom is -0.356 e. The Morgan fingerprint density at radius 2 is 1.62 bits per heavy atom. The van der Waals surface area contributed by atoms with Crippen molar-refractivity contribution < 1.29 is 9.59 Å². The third-order valence-electron chi connectivity index (χ3n) is 4.93. The average Bonchev–Trinajstić information content (AvgIpc) is 2.61. The van der Waals surface area contributed by atoms with Crippen LogP contribution in [0.2, 0.25) is 5.02 Å². The minimum absolute atomic E-state index is 0.0280. The van der Waals surface area contributed by atoms with Gasteiger partial charge in [-0.3, -0.25) is 9.59 Å². The Labute approximate surface area is 161 Å². The quantitative estimate of drug-likeness (QED) is 0.729. The van der Waals surface area contributed by atoms with Crippen molar-refractivity contribution in [3.8, 4) is 0 Å². The van der Waals surface area contributed by atoms with E-state index in [2.05, 4.69) is 10.6 Å². The maximum atomic E-state index is 12.3. The number of carbonyl (C=O) groups excluding carboxylic acids is 2. The van der Waals surface area contributed by atoms with Crippen LogP contribution in [-0.2, 0) is 16.0 Å². The number of hydrogen-bond donors (Lipinski definition) is 2. The predicted octanol–water partition coefficient (Wildman–Crippen LogP) is 2.48. The van der Waals surface area contributed by atoms with Gasteiger partial charge in [0.25, 0.3) is 0 Å². The van der Waals surface area contributed by atoms with E-state index in [0.717, 1.165) is 49.2 Å². The van der Waals surface area contributed by atoms with Gasteiger partial charge in [-0.05, 0) is 63.9 Å². The summed E-state index contributed by atoms with van der Waals surface area (Å²) in [5.74, 6) is 0.318. The summed E-state index contributed by atoms with van der Waals surface area (Å²) in [6, 6.07) is 7.70. The molecule has 1 aliphatic carbocycles. The van der Waals surface area contributed by atoms with Crippen LogP contribution in [-0.4, -0.2) is 50.4 Å². The van der Waals surface area contributed by atoms with E-state index in [-0.39, 0.29) is 23.7 Å². The largest absolute Gasteiger partial charge is 0.356 e. The van der Waals surface area contributed by atoms with Crippen LogP contribution in [0.15, 0.2) is 24.3 Å².